The number of anilines is 1. The molecular formula is C25H25N3O7S4. The van der Waals surface area contributed by atoms with E-state index in [2.05, 4.69) is 13.2 Å². The Kier molecular flexibility index (Phi) is 7.68. The van der Waals surface area contributed by atoms with E-state index in [-0.39, 0.29) is 29.3 Å². The van der Waals surface area contributed by atoms with E-state index in [1.54, 1.807) is 0 Å². The Morgan fingerprint density at radius 2 is 1.59 bits per heavy atom. The fourth-order valence-electron chi connectivity index (χ4n) is 5.22. The highest BCUT2D eigenvalue weighted by Gasteiger charge is 2.49. The van der Waals surface area contributed by atoms with Crippen LogP contribution in [-0.4, -0.2) is 41.9 Å². The van der Waals surface area contributed by atoms with Gasteiger partial charge in [0.15, 0.2) is 5.78 Å². The van der Waals surface area contributed by atoms with E-state index in [4.69, 9.17) is 9.47 Å². The first-order valence-electron chi connectivity index (χ1n) is 12.0. The molecular weight excluding hydrogens is 583 g/mol. The zero-order valence-electron chi connectivity index (χ0n) is 21.2. The van der Waals surface area contributed by atoms with Crippen LogP contribution < -0.4 is 9.64 Å². The molecule has 0 aromatic carbocycles. The van der Waals surface area contributed by atoms with Crippen LogP contribution in [0.4, 0.5) is 17.1 Å². The average molecular weight is 608 g/mol. The minimum Gasteiger partial charge on any atom is -0.453 e. The van der Waals surface area contributed by atoms with E-state index < -0.39 is 21.2 Å². The summed E-state index contributed by atoms with van der Waals surface area (Å²) < 4.78 is 12.6. The summed E-state index contributed by atoms with van der Waals surface area (Å²) in [6.45, 7) is 13.1. The van der Waals surface area contributed by atoms with E-state index in [1.807, 2.05) is 18.7 Å². The van der Waals surface area contributed by atoms with E-state index in [0.717, 1.165) is 23.5 Å². The predicted octanol–water partition coefficient (Wildman–Crippen LogP) is 7.10. The van der Waals surface area contributed by atoms with Gasteiger partial charge in [-0.05, 0) is 16.2 Å². The Morgan fingerprint density at radius 3 is 2.18 bits per heavy atom. The van der Waals surface area contributed by atoms with Crippen LogP contribution in [0.5, 0.6) is 5.75 Å². The number of ether oxygens (including phenoxy) is 2. The molecule has 206 valence electrons. The van der Waals surface area contributed by atoms with Crippen LogP contribution in [0.15, 0.2) is 43.7 Å². The number of hydrogen-bond acceptors (Lipinski definition) is 12. The quantitative estimate of drug-likeness (QED) is 0.174. The summed E-state index contributed by atoms with van der Waals surface area (Å²) in [7, 11) is 0. The zero-order chi connectivity index (χ0) is 28.1. The molecule has 1 aliphatic carbocycles. The van der Waals surface area contributed by atoms with Crippen molar-refractivity contribution >= 4 is 69.0 Å². The molecule has 1 saturated heterocycles. The lowest BCUT2D eigenvalue weighted by molar-refractivity contribution is -0.388. The average Bonchev–Trinajstić information content (AvgIpc) is 3.41. The van der Waals surface area contributed by atoms with Gasteiger partial charge in [0.05, 0.1) is 33.9 Å². The van der Waals surface area contributed by atoms with Crippen molar-refractivity contribution in [3.8, 4) is 5.75 Å². The fraction of sp³-hybridized carbons (Fsp3) is 0.400. The SMILES string of the molecule is C=CSc1sc2c(c1[N+](=O)[O-])OC1=C(C(=O)CC(C)(C)C1)C2c1sc(SC=C)c([N+](=O)[O-])c1N1CCOCC1. The number of nitrogens with zero attached hydrogens (tertiary/aromatic N) is 3. The number of Topliss-reactive ketones (excluding diaryl/α,β-unsaturated/α-hetero) is 1. The number of allylic oxidation sites excluding steroid dienone is 2. The highest BCUT2D eigenvalue weighted by Crippen LogP contribution is 2.62. The van der Waals surface area contributed by atoms with Crippen LogP contribution in [0.25, 0.3) is 0 Å². The molecule has 14 heteroatoms. The molecule has 2 aliphatic heterocycles. The van der Waals surface area contributed by atoms with Crippen molar-refractivity contribution in [1.82, 2.24) is 0 Å². The van der Waals surface area contributed by atoms with E-state index >= 15 is 0 Å². The third-order valence-corrected chi connectivity index (χ3v) is 11.0. The van der Waals surface area contributed by atoms with Crippen molar-refractivity contribution in [1.29, 1.82) is 0 Å². The summed E-state index contributed by atoms with van der Waals surface area (Å²) in [5, 5.41) is 27.8. The third kappa shape index (κ3) is 4.92. The monoisotopic (exact) mass is 607 g/mol. The van der Waals surface area contributed by atoms with Gasteiger partial charge in [0.1, 0.15) is 19.9 Å². The Hall–Kier alpha value is -2.65. The molecule has 5 rings (SSSR count). The number of fused-ring (bicyclic) bond motifs is 1. The standard InChI is InChI=1S/C25H25N3O7S4/c1-5-36-23-18(27(30)31)17(26-7-9-34-10-8-26)21(38-23)16-15-13(29)11-25(3,4)12-14(15)35-20-19(28(32)33)24(37-6-2)39-22(16)20/h5-6,16H,1-2,7-12H2,3-4H3. The molecule has 10 nitrogen and oxygen atoms in total. The predicted molar refractivity (Wildman–Crippen MR) is 155 cm³/mol. The number of ketones is 1. The van der Waals surface area contributed by atoms with Crippen molar-refractivity contribution < 1.29 is 24.1 Å². The van der Waals surface area contributed by atoms with Gasteiger partial charge in [-0.2, -0.15) is 0 Å². The zero-order valence-corrected chi connectivity index (χ0v) is 24.5. The highest BCUT2D eigenvalue weighted by molar-refractivity contribution is 8.04. The molecule has 1 unspecified atom stereocenters. The Morgan fingerprint density at radius 1 is 1.00 bits per heavy atom. The number of thioether (sulfide) groups is 2. The minimum absolute atomic E-state index is 0.0488. The van der Waals surface area contributed by atoms with Crippen molar-refractivity contribution in [2.45, 2.75) is 41.0 Å². The molecule has 0 N–H and O–H groups in total. The molecule has 3 aliphatic rings. The molecule has 0 spiro atoms. The van der Waals surface area contributed by atoms with Crippen molar-refractivity contribution in [2.24, 2.45) is 5.41 Å². The van der Waals surface area contributed by atoms with E-state index in [0.29, 0.717) is 67.9 Å². The topological polar surface area (TPSA) is 125 Å². The number of carbonyl (C=O) groups is 1. The maximum Gasteiger partial charge on any atom is 0.336 e. The first-order chi connectivity index (χ1) is 18.6. The Balaban J connectivity index is 1.84. The maximum atomic E-state index is 13.8. The normalized spacial score (nSPS) is 20.2. The second-order valence-corrected chi connectivity index (χ2v) is 14.5. The summed E-state index contributed by atoms with van der Waals surface area (Å²) in [5.74, 6) is -0.360. The summed E-state index contributed by atoms with van der Waals surface area (Å²) in [6.07, 6.45) is 0.687. The number of nitro groups is 2. The van der Waals surface area contributed by atoms with Gasteiger partial charge in [0, 0.05) is 36.4 Å². The van der Waals surface area contributed by atoms with E-state index in [1.165, 1.54) is 33.5 Å². The van der Waals surface area contributed by atoms with Crippen LogP contribution in [0.3, 0.4) is 0 Å². The van der Waals surface area contributed by atoms with Crippen molar-refractivity contribution in [2.75, 3.05) is 31.2 Å². The van der Waals surface area contributed by atoms with Gasteiger partial charge < -0.3 is 14.4 Å². The third-order valence-electron chi connectivity index (χ3n) is 6.68. The molecule has 0 radical (unpaired) electrons. The fourth-order valence-corrected chi connectivity index (χ4v) is 9.68. The summed E-state index contributed by atoms with van der Waals surface area (Å²) in [4.78, 5) is 40.6. The van der Waals surface area contributed by atoms with Crippen LogP contribution >= 0.6 is 46.2 Å². The van der Waals surface area contributed by atoms with Gasteiger partial charge in [-0.15, -0.1) is 22.7 Å². The lowest BCUT2D eigenvalue weighted by Gasteiger charge is -2.37. The number of carbonyl (C=O) groups excluding carboxylic acids is 1. The number of rotatable bonds is 8. The lowest BCUT2D eigenvalue weighted by atomic mass is 9.72. The van der Waals surface area contributed by atoms with E-state index in [9.17, 15) is 25.0 Å². The molecule has 1 atom stereocenters. The highest BCUT2D eigenvalue weighted by atomic mass is 32.2. The van der Waals surface area contributed by atoms with Crippen molar-refractivity contribution in [3.05, 3.63) is 65.3 Å². The van der Waals surface area contributed by atoms with Gasteiger partial charge in [-0.3, -0.25) is 25.0 Å². The largest absolute Gasteiger partial charge is 0.453 e. The second kappa shape index (κ2) is 10.7. The van der Waals surface area contributed by atoms with Gasteiger partial charge in [-0.1, -0.05) is 50.5 Å². The molecule has 0 amide bonds. The van der Waals surface area contributed by atoms with Gasteiger partial charge in [0.25, 0.3) is 0 Å². The Bertz CT molecular complexity index is 1440. The number of hydrogen-bond donors (Lipinski definition) is 0. The molecule has 0 bridgehead atoms. The first-order valence-corrected chi connectivity index (χ1v) is 15.4. The lowest BCUT2D eigenvalue weighted by Crippen LogP contribution is -2.37. The maximum absolute atomic E-state index is 13.8. The molecule has 39 heavy (non-hydrogen) atoms. The van der Waals surface area contributed by atoms with Gasteiger partial charge >= 0.3 is 11.4 Å². The summed E-state index contributed by atoms with van der Waals surface area (Å²) in [5.41, 5.74) is 0.224. The molecule has 4 heterocycles. The van der Waals surface area contributed by atoms with Crippen LogP contribution in [0.2, 0.25) is 0 Å². The molecule has 2 aromatic heterocycles. The first kappa shape index (κ1) is 27.9. The van der Waals surface area contributed by atoms with Crippen LogP contribution in [0, 0.1) is 25.6 Å². The van der Waals surface area contributed by atoms with Crippen LogP contribution in [0.1, 0.15) is 42.4 Å². The smallest absolute Gasteiger partial charge is 0.336 e. The van der Waals surface area contributed by atoms with Gasteiger partial charge in [0.2, 0.25) is 5.75 Å². The molecule has 0 saturated carbocycles. The molecule has 1 fully saturated rings. The van der Waals surface area contributed by atoms with Crippen LogP contribution in [-0.2, 0) is 9.53 Å². The minimum atomic E-state index is -0.740. The summed E-state index contributed by atoms with van der Waals surface area (Å²) >= 11 is 4.68. The number of morpholine rings is 1. The number of thiophene rings is 2. The van der Waals surface area contributed by atoms with Crippen molar-refractivity contribution in [3.63, 3.8) is 0 Å². The Labute approximate surface area is 241 Å². The molecule has 2 aromatic rings. The summed E-state index contributed by atoms with van der Waals surface area (Å²) in [6, 6.07) is 0. The second-order valence-electron chi connectivity index (χ2n) is 9.88. The van der Waals surface area contributed by atoms with Gasteiger partial charge in [-0.25, -0.2) is 0 Å².